The molecular formula is C20H24N2. The van der Waals surface area contributed by atoms with Crippen LogP contribution in [-0.4, -0.2) is 29.5 Å². The van der Waals surface area contributed by atoms with Gasteiger partial charge in [-0.2, -0.15) is 0 Å². The fourth-order valence-electron chi connectivity index (χ4n) is 2.86. The van der Waals surface area contributed by atoms with Gasteiger partial charge in [-0.1, -0.05) is 48.5 Å². The number of hydrogen-bond donors (Lipinski definition) is 1. The quantitative estimate of drug-likeness (QED) is 0.721. The van der Waals surface area contributed by atoms with Crippen molar-refractivity contribution in [3.8, 4) is 11.3 Å². The topological polar surface area (TPSA) is 19.0 Å². The number of likely N-dealkylation sites (N-methyl/N-ethyl adjacent to an activating group) is 1. The summed E-state index contributed by atoms with van der Waals surface area (Å²) in [5, 5.41) is 1.35. The molecule has 0 amide bonds. The normalized spacial score (nSPS) is 11.7. The molecule has 0 bridgehead atoms. The summed E-state index contributed by atoms with van der Waals surface area (Å²) in [4.78, 5) is 6.01. The van der Waals surface area contributed by atoms with Gasteiger partial charge in [-0.3, -0.25) is 0 Å². The lowest BCUT2D eigenvalue weighted by molar-refractivity contribution is 0.278. The van der Waals surface area contributed by atoms with Crippen molar-refractivity contribution < 1.29 is 0 Å². The number of benzene rings is 2. The molecule has 0 aliphatic heterocycles. The van der Waals surface area contributed by atoms with Crippen LogP contribution in [0.2, 0.25) is 0 Å². The lowest BCUT2D eigenvalue weighted by atomic mass is 10.0. The van der Waals surface area contributed by atoms with E-state index in [0.29, 0.717) is 6.04 Å². The Bertz CT molecular complexity index is 741. The van der Waals surface area contributed by atoms with Crippen molar-refractivity contribution in [3.05, 3.63) is 60.2 Å². The van der Waals surface area contributed by atoms with E-state index in [4.69, 9.17) is 0 Å². The average molecular weight is 292 g/mol. The Morgan fingerprint density at radius 1 is 0.955 bits per heavy atom. The van der Waals surface area contributed by atoms with Crippen LogP contribution in [0.5, 0.6) is 0 Å². The van der Waals surface area contributed by atoms with Gasteiger partial charge in [-0.15, -0.1) is 0 Å². The molecule has 0 spiro atoms. The molecule has 22 heavy (non-hydrogen) atoms. The largest absolute Gasteiger partial charge is 0.354 e. The van der Waals surface area contributed by atoms with E-state index in [9.17, 15) is 0 Å². The van der Waals surface area contributed by atoms with E-state index in [2.05, 4.69) is 85.4 Å². The molecule has 0 aliphatic rings. The Labute approximate surface area is 132 Å². The van der Waals surface area contributed by atoms with Crippen LogP contribution >= 0.6 is 0 Å². The summed E-state index contributed by atoms with van der Waals surface area (Å²) in [6, 6.07) is 19.8. The maximum absolute atomic E-state index is 3.61. The van der Waals surface area contributed by atoms with Gasteiger partial charge in [-0.25, -0.2) is 0 Å². The molecule has 0 radical (unpaired) electrons. The lowest BCUT2D eigenvalue weighted by Gasteiger charge is -2.21. The predicted octanol–water partition coefficient (Wildman–Crippen LogP) is 4.72. The Morgan fingerprint density at radius 2 is 1.64 bits per heavy atom. The summed E-state index contributed by atoms with van der Waals surface area (Å²) in [5.41, 5.74) is 5.18. The first-order valence-corrected chi connectivity index (χ1v) is 8.02. The number of nitrogens with one attached hydrogen (secondary N) is 1. The molecule has 0 aliphatic carbocycles. The smallest absolute Gasteiger partial charge is 0.0497 e. The first kappa shape index (κ1) is 14.9. The number of para-hydroxylation sites is 1. The Balaban J connectivity index is 2.02. The highest BCUT2D eigenvalue weighted by Gasteiger charge is 2.14. The third kappa shape index (κ3) is 2.93. The standard InChI is InChI=1S/C20H24N2/c1-15(2)22(3)14-13-18-17-11-7-8-12-19(17)21-20(18)16-9-5-4-6-10-16/h4-12,15,21H,13-14H2,1-3H3. The number of hydrogen-bond acceptors (Lipinski definition) is 1. The highest BCUT2D eigenvalue weighted by Crippen LogP contribution is 2.30. The van der Waals surface area contributed by atoms with Crippen molar-refractivity contribution in [1.29, 1.82) is 0 Å². The molecule has 0 fully saturated rings. The summed E-state index contributed by atoms with van der Waals surface area (Å²) in [6.45, 7) is 5.56. The van der Waals surface area contributed by atoms with Crippen LogP contribution in [0.25, 0.3) is 22.2 Å². The molecule has 0 atom stereocenters. The zero-order valence-corrected chi connectivity index (χ0v) is 13.6. The monoisotopic (exact) mass is 292 g/mol. The average Bonchev–Trinajstić information content (AvgIpc) is 2.92. The maximum atomic E-state index is 3.61. The molecule has 2 heteroatoms. The van der Waals surface area contributed by atoms with E-state index in [1.165, 1.54) is 27.7 Å². The van der Waals surface area contributed by atoms with E-state index < -0.39 is 0 Å². The third-order valence-corrected chi connectivity index (χ3v) is 4.47. The first-order chi connectivity index (χ1) is 10.7. The molecule has 1 N–H and O–H groups in total. The second kappa shape index (κ2) is 6.37. The summed E-state index contributed by atoms with van der Waals surface area (Å²) < 4.78 is 0. The fourth-order valence-corrected chi connectivity index (χ4v) is 2.86. The molecule has 3 aromatic rings. The molecule has 0 unspecified atom stereocenters. The molecule has 114 valence electrons. The maximum Gasteiger partial charge on any atom is 0.0497 e. The molecule has 3 rings (SSSR count). The van der Waals surface area contributed by atoms with Gasteiger partial charge in [-0.05, 0) is 44.5 Å². The Kier molecular flexibility index (Phi) is 4.30. The van der Waals surface area contributed by atoms with Gasteiger partial charge in [0, 0.05) is 29.2 Å². The SMILES string of the molecule is CC(C)N(C)CCc1c(-c2ccccc2)[nH]c2ccccc12. The van der Waals surface area contributed by atoms with Crippen molar-refractivity contribution in [2.24, 2.45) is 0 Å². The van der Waals surface area contributed by atoms with Gasteiger partial charge in [0.15, 0.2) is 0 Å². The van der Waals surface area contributed by atoms with Crippen molar-refractivity contribution in [2.75, 3.05) is 13.6 Å². The number of fused-ring (bicyclic) bond motifs is 1. The van der Waals surface area contributed by atoms with Crippen LogP contribution in [0.15, 0.2) is 54.6 Å². The Morgan fingerprint density at radius 3 is 2.36 bits per heavy atom. The summed E-state index contributed by atoms with van der Waals surface area (Å²) in [5.74, 6) is 0. The van der Waals surface area contributed by atoms with E-state index in [0.717, 1.165) is 13.0 Å². The van der Waals surface area contributed by atoms with E-state index in [-0.39, 0.29) is 0 Å². The third-order valence-electron chi connectivity index (χ3n) is 4.47. The van der Waals surface area contributed by atoms with Crippen LogP contribution < -0.4 is 0 Å². The van der Waals surface area contributed by atoms with Crippen LogP contribution in [-0.2, 0) is 6.42 Å². The number of aromatic amines is 1. The summed E-state index contributed by atoms with van der Waals surface area (Å²) in [6.07, 6.45) is 1.06. The first-order valence-electron chi connectivity index (χ1n) is 8.02. The second-order valence-corrected chi connectivity index (χ2v) is 6.21. The van der Waals surface area contributed by atoms with Gasteiger partial charge in [0.1, 0.15) is 0 Å². The highest BCUT2D eigenvalue weighted by atomic mass is 15.1. The fraction of sp³-hybridized carbons (Fsp3) is 0.300. The molecule has 0 saturated heterocycles. The van der Waals surface area contributed by atoms with Crippen molar-refractivity contribution in [1.82, 2.24) is 9.88 Å². The van der Waals surface area contributed by atoms with Crippen molar-refractivity contribution in [3.63, 3.8) is 0 Å². The number of rotatable bonds is 5. The number of aromatic nitrogens is 1. The molecule has 0 saturated carbocycles. The van der Waals surface area contributed by atoms with Crippen LogP contribution in [0.4, 0.5) is 0 Å². The van der Waals surface area contributed by atoms with Gasteiger partial charge < -0.3 is 9.88 Å². The van der Waals surface area contributed by atoms with Crippen molar-refractivity contribution >= 4 is 10.9 Å². The number of H-pyrrole nitrogens is 1. The zero-order valence-electron chi connectivity index (χ0n) is 13.6. The summed E-state index contributed by atoms with van der Waals surface area (Å²) >= 11 is 0. The molecule has 1 heterocycles. The van der Waals surface area contributed by atoms with E-state index in [1.807, 2.05) is 0 Å². The van der Waals surface area contributed by atoms with Crippen LogP contribution in [0, 0.1) is 0 Å². The van der Waals surface area contributed by atoms with E-state index >= 15 is 0 Å². The van der Waals surface area contributed by atoms with Gasteiger partial charge in [0.05, 0.1) is 0 Å². The van der Waals surface area contributed by atoms with Crippen molar-refractivity contribution in [2.45, 2.75) is 26.3 Å². The minimum Gasteiger partial charge on any atom is -0.354 e. The highest BCUT2D eigenvalue weighted by molar-refractivity contribution is 5.90. The number of nitrogens with zero attached hydrogens (tertiary/aromatic N) is 1. The van der Waals surface area contributed by atoms with Crippen LogP contribution in [0.1, 0.15) is 19.4 Å². The molecule has 2 aromatic carbocycles. The Hall–Kier alpha value is -2.06. The predicted molar refractivity (Wildman–Crippen MR) is 95.2 cm³/mol. The minimum atomic E-state index is 0.574. The molecule has 2 nitrogen and oxygen atoms in total. The lowest BCUT2D eigenvalue weighted by Crippen LogP contribution is -2.28. The second-order valence-electron chi connectivity index (χ2n) is 6.21. The van der Waals surface area contributed by atoms with Crippen LogP contribution in [0.3, 0.4) is 0 Å². The minimum absolute atomic E-state index is 0.574. The molecule has 1 aromatic heterocycles. The molecular weight excluding hydrogens is 268 g/mol. The zero-order chi connectivity index (χ0) is 15.5. The summed E-state index contributed by atoms with van der Waals surface area (Å²) in [7, 11) is 2.20. The van der Waals surface area contributed by atoms with E-state index in [1.54, 1.807) is 0 Å². The van der Waals surface area contributed by atoms with Gasteiger partial charge >= 0.3 is 0 Å². The van der Waals surface area contributed by atoms with Gasteiger partial charge in [0.25, 0.3) is 0 Å². The van der Waals surface area contributed by atoms with Gasteiger partial charge in [0.2, 0.25) is 0 Å².